The quantitative estimate of drug-likeness (QED) is 0.911. The standard InChI is InChI=1S/C15H18N2O4/c1-15(2,3)11-7-5-4-6-10(11)14-17-16-12(21-14)8-20-9-13(18)19/h4-7H,8-9H2,1-3H3,(H,18,19). The molecule has 0 aliphatic carbocycles. The first-order chi connectivity index (χ1) is 9.88. The van der Waals surface area contributed by atoms with Gasteiger partial charge in [0.1, 0.15) is 13.2 Å². The molecule has 0 unspecified atom stereocenters. The number of aromatic nitrogens is 2. The minimum absolute atomic E-state index is 0.0169. The smallest absolute Gasteiger partial charge is 0.329 e. The number of aliphatic carboxylic acids is 1. The van der Waals surface area contributed by atoms with Gasteiger partial charge in [-0.1, -0.05) is 39.0 Å². The molecule has 2 rings (SSSR count). The van der Waals surface area contributed by atoms with E-state index in [9.17, 15) is 4.79 Å². The molecule has 6 nitrogen and oxygen atoms in total. The maximum Gasteiger partial charge on any atom is 0.329 e. The third-order valence-electron chi connectivity index (χ3n) is 2.88. The fourth-order valence-electron chi connectivity index (χ4n) is 1.97. The van der Waals surface area contributed by atoms with Crippen LogP contribution >= 0.6 is 0 Å². The first kappa shape index (κ1) is 15.2. The number of carboxylic acids is 1. The van der Waals surface area contributed by atoms with Crippen LogP contribution in [-0.4, -0.2) is 27.9 Å². The summed E-state index contributed by atoms with van der Waals surface area (Å²) >= 11 is 0. The number of carbonyl (C=O) groups is 1. The van der Waals surface area contributed by atoms with Crippen molar-refractivity contribution in [3.63, 3.8) is 0 Å². The summed E-state index contributed by atoms with van der Waals surface area (Å²) in [6.07, 6.45) is 0. The molecule has 2 aromatic rings. The summed E-state index contributed by atoms with van der Waals surface area (Å²) in [5, 5.41) is 16.4. The van der Waals surface area contributed by atoms with E-state index < -0.39 is 12.6 Å². The van der Waals surface area contributed by atoms with Gasteiger partial charge in [-0.3, -0.25) is 0 Å². The summed E-state index contributed by atoms with van der Waals surface area (Å²) in [4.78, 5) is 10.4. The van der Waals surface area contributed by atoms with Crippen LogP contribution in [0.3, 0.4) is 0 Å². The van der Waals surface area contributed by atoms with Gasteiger partial charge in [0.25, 0.3) is 0 Å². The summed E-state index contributed by atoms with van der Waals surface area (Å²) in [7, 11) is 0. The van der Waals surface area contributed by atoms with Crippen LogP contribution < -0.4 is 0 Å². The lowest BCUT2D eigenvalue weighted by Gasteiger charge is -2.21. The predicted molar refractivity (Wildman–Crippen MR) is 75.7 cm³/mol. The second kappa shape index (κ2) is 6.05. The van der Waals surface area contributed by atoms with Crippen LogP contribution in [0.2, 0.25) is 0 Å². The number of hydrogen-bond acceptors (Lipinski definition) is 5. The van der Waals surface area contributed by atoms with E-state index in [0.29, 0.717) is 5.89 Å². The first-order valence-corrected chi connectivity index (χ1v) is 6.60. The number of ether oxygens (including phenoxy) is 1. The van der Waals surface area contributed by atoms with Crippen molar-refractivity contribution in [1.29, 1.82) is 0 Å². The van der Waals surface area contributed by atoms with Crippen molar-refractivity contribution < 1.29 is 19.1 Å². The Morgan fingerprint density at radius 2 is 2.00 bits per heavy atom. The lowest BCUT2D eigenvalue weighted by atomic mass is 9.84. The summed E-state index contributed by atoms with van der Waals surface area (Å²) in [5.74, 6) is -0.364. The summed E-state index contributed by atoms with van der Waals surface area (Å²) in [6, 6.07) is 7.84. The Kier molecular flexibility index (Phi) is 4.37. The van der Waals surface area contributed by atoms with Crippen molar-refractivity contribution in [2.75, 3.05) is 6.61 Å². The maximum atomic E-state index is 10.4. The summed E-state index contributed by atoms with van der Waals surface area (Å²) < 4.78 is 10.5. The lowest BCUT2D eigenvalue weighted by Crippen LogP contribution is -2.12. The number of nitrogens with zero attached hydrogens (tertiary/aromatic N) is 2. The molecule has 0 fully saturated rings. The summed E-state index contributed by atoms with van der Waals surface area (Å²) in [6.45, 7) is 5.92. The van der Waals surface area contributed by atoms with Gasteiger partial charge in [0.15, 0.2) is 0 Å². The third-order valence-corrected chi connectivity index (χ3v) is 2.88. The van der Waals surface area contributed by atoms with Gasteiger partial charge >= 0.3 is 5.97 Å². The minimum Gasteiger partial charge on any atom is -0.480 e. The first-order valence-electron chi connectivity index (χ1n) is 6.60. The highest BCUT2D eigenvalue weighted by Crippen LogP contribution is 2.32. The zero-order valence-electron chi connectivity index (χ0n) is 12.3. The molecule has 1 N–H and O–H groups in total. The van der Waals surface area contributed by atoms with Crippen molar-refractivity contribution in [3.05, 3.63) is 35.7 Å². The van der Waals surface area contributed by atoms with E-state index in [1.54, 1.807) is 0 Å². The molecular formula is C15H18N2O4. The lowest BCUT2D eigenvalue weighted by molar-refractivity contribution is -0.142. The molecule has 21 heavy (non-hydrogen) atoms. The zero-order chi connectivity index (χ0) is 15.5. The average molecular weight is 290 g/mol. The van der Waals surface area contributed by atoms with Crippen LogP contribution in [0.4, 0.5) is 0 Å². The van der Waals surface area contributed by atoms with Gasteiger partial charge in [-0.25, -0.2) is 4.79 Å². The number of benzene rings is 1. The molecule has 112 valence electrons. The highest BCUT2D eigenvalue weighted by atomic mass is 16.5. The Balaban J connectivity index is 2.20. The molecule has 0 amide bonds. The van der Waals surface area contributed by atoms with Crippen LogP contribution in [0, 0.1) is 0 Å². The van der Waals surface area contributed by atoms with Crippen molar-refractivity contribution in [1.82, 2.24) is 10.2 Å². The Morgan fingerprint density at radius 3 is 2.67 bits per heavy atom. The molecule has 1 aromatic carbocycles. The highest BCUT2D eigenvalue weighted by molar-refractivity contribution is 5.68. The van der Waals surface area contributed by atoms with Gasteiger partial charge in [-0.05, 0) is 17.0 Å². The number of carboxylic acid groups (broad SMARTS) is 1. The van der Waals surface area contributed by atoms with Crippen molar-refractivity contribution in [2.45, 2.75) is 32.8 Å². The Hall–Kier alpha value is -2.21. The van der Waals surface area contributed by atoms with Gasteiger partial charge in [0.05, 0.1) is 0 Å². The van der Waals surface area contributed by atoms with Crippen molar-refractivity contribution in [3.8, 4) is 11.5 Å². The zero-order valence-corrected chi connectivity index (χ0v) is 12.3. The molecule has 1 heterocycles. The molecule has 6 heteroatoms. The van der Waals surface area contributed by atoms with E-state index >= 15 is 0 Å². The van der Waals surface area contributed by atoms with Crippen LogP contribution in [0.25, 0.3) is 11.5 Å². The molecule has 0 aliphatic heterocycles. The van der Waals surface area contributed by atoms with E-state index in [-0.39, 0.29) is 17.9 Å². The monoisotopic (exact) mass is 290 g/mol. The minimum atomic E-state index is -1.03. The Labute approximate surface area is 122 Å². The molecule has 0 spiro atoms. The molecule has 0 atom stereocenters. The van der Waals surface area contributed by atoms with E-state index in [2.05, 4.69) is 31.0 Å². The topological polar surface area (TPSA) is 85.5 Å². The van der Waals surface area contributed by atoms with Crippen molar-refractivity contribution >= 4 is 5.97 Å². The van der Waals surface area contributed by atoms with Gasteiger partial charge in [-0.15, -0.1) is 10.2 Å². The van der Waals surface area contributed by atoms with E-state index in [1.165, 1.54) is 0 Å². The third kappa shape index (κ3) is 3.88. The molecule has 0 aliphatic rings. The largest absolute Gasteiger partial charge is 0.480 e. The van der Waals surface area contributed by atoms with Gasteiger partial charge in [0.2, 0.25) is 11.8 Å². The van der Waals surface area contributed by atoms with Crippen LogP contribution in [0.15, 0.2) is 28.7 Å². The fourth-order valence-corrected chi connectivity index (χ4v) is 1.97. The number of hydrogen-bond donors (Lipinski definition) is 1. The van der Waals surface area contributed by atoms with Crippen LogP contribution in [0.5, 0.6) is 0 Å². The average Bonchev–Trinajstić information content (AvgIpc) is 2.86. The van der Waals surface area contributed by atoms with Gasteiger partial charge < -0.3 is 14.3 Å². The second-order valence-corrected chi connectivity index (χ2v) is 5.68. The van der Waals surface area contributed by atoms with E-state index in [1.807, 2.05) is 24.3 Å². The second-order valence-electron chi connectivity index (χ2n) is 5.68. The molecule has 0 saturated carbocycles. The summed E-state index contributed by atoms with van der Waals surface area (Å²) in [5.41, 5.74) is 1.93. The number of rotatable bonds is 5. The molecule has 0 radical (unpaired) electrons. The SMILES string of the molecule is CC(C)(C)c1ccccc1-c1nnc(COCC(=O)O)o1. The molecular weight excluding hydrogens is 272 g/mol. The van der Waals surface area contributed by atoms with Crippen molar-refractivity contribution in [2.24, 2.45) is 0 Å². The maximum absolute atomic E-state index is 10.4. The fraction of sp³-hybridized carbons (Fsp3) is 0.400. The van der Waals surface area contributed by atoms with Gasteiger partial charge in [0, 0.05) is 5.56 Å². The van der Waals surface area contributed by atoms with Gasteiger partial charge in [-0.2, -0.15) is 0 Å². The highest BCUT2D eigenvalue weighted by Gasteiger charge is 2.21. The Morgan fingerprint density at radius 1 is 1.29 bits per heavy atom. The molecule has 0 saturated heterocycles. The molecule has 1 aromatic heterocycles. The van der Waals surface area contributed by atoms with E-state index in [4.69, 9.17) is 14.3 Å². The Bertz CT molecular complexity index is 629. The predicted octanol–water partition coefficient (Wildman–Crippen LogP) is 2.64. The van der Waals surface area contributed by atoms with Crippen LogP contribution in [-0.2, 0) is 21.6 Å². The van der Waals surface area contributed by atoms with E-state index in [0.717, 1.165) is 11.1 Å². The molecule has 0 bridgehead atoms. The normalized spacial score (nSPS) is 11.6. The van der Waals surface area contributed by atoms with Crippen LogP contribution in [0.1, 0.15) is 32.2 Å².